The zero-order chi connectivity index (χ0) is 35.3. The number of nitrogens with zero attached hydrogens (tertiary/aromatic N) is 2. The van der Waals surface area contributed by atoms with Crippen molar-refractivity contribution in [3.63, 3.8) is 0 Å². The summed E-state index contributed by atoms with van der Waals surface area (Å²) in [7, 11) is 0. The van der Waals surface area contributed by atoms with Gasteiger partial charge in [0, 0.05) is 74.8 Å². The molecule has 6 N–H and O–H groups in total. The van der Waals surface area contributed by atoms with Crippen LogP contribution in [-0.2, 0) is 0 Å². The van der Waals surface area contributed by atoms with Gasteiger partial charge in [0.15, 0.2) is 25.1 Å². The van der Waals surface area contributed by atoms with Crippen LogP contribution in [-0.4, -0.2) is 65.0 Å². The van der Waals surface area contributed by atoms with Crippen molar-refractivity contribution in [3.8, 4) is 44.9 Å². The number of aromatic nitrogens is 8. The molecule has 0 unspecified atom stereocenters. The van der Waals surface area contributed by atoms with Crippen molar-refractivity contribution in [2.24, 2.45) is 0 Å². The maximum Gasteiger partial charge on any atom is 0.166 e. The van der Waals surface area contributed by atoms with Crippen molar-refractivity contribution >= 4 is 71.5 Å². The van der Waals surface area contributed by atoms with Crippen molar-refractivity contribution in [1.29, 1.82) is 0 Å². The minimum atomic E-state index is 0.412. The Morgan fingerprint density at radius 1 is 0.423 bits per heavy atom. The third-order valence-corrected chi connectivity index (χ3v) is 9.21. The van der Waals surface area contributed by atoms with Gasteiger partial charge in [0.1, 0.15) is 0 Å². The van der Waals surface area contributed by atoms with Crippen LogP contribution in [0, 0.1) is 0 Å². The Bertz CT molecular complexity index is 2470. The van der Waals surface area contributed by atoms with Crippen LogP contribution in [0.3, 0.4) is 0 Å². The van der Waals surface area contributed by atoms with E-state index in [2.05, 4.69) is 29.9 Å². The summed E-state index contributed by atoms with van der Waals surface area (Å²) in [5, 5.41) is 0. The van der Waals surface area contributed by atoms with Gasteiger partial charge in [-0.25, -0.2) is 9.97 Å². The van der Waals surface area contributed by atoms with Crippen LogP contribution in [0.15, 0.2) is 73.3 Å². The molecule has 0 atom stereocenters. The van der Waals surface area contributed by atoms with Crippen LogP contribution in [0.25, 0.3) is 91.3 Å². The third kappa shape index (κ3) is 5.01. The molecular weight excluding hydrogens is 656 g/mol. The fourth-order valence-corrected chi connectivity index (χ4v) is 6.85. The van der Waals surface area contributed by atoms with Gasteiger partial charge in [-0.1, -0.05) is 0 Å². The molecule has 12 heteroatoms. The molecule has 2 aliphatic heterocycles. The number of carbonyl (C=O) groups excluding carboxylic acids is 4. The molecule has 2 aliphatic rings. The molecule has 52 heavy (non-hydrogen) atoms. The van der Waals surface area contributed by atoms with Gasteiger partial charge in [-0.05, 0) is 72.8 Å². The lowest BCUT2D eigenvalue weighted by molar-refractivity contribution is 0.111. The highest BCUT2D eigenvalue weighted by molar-refractivity contribution is 6.00. The second kappa shape index (κ2) is 12.1. The number of aromatic amines is 6. The molecule has 9 rings (SSSR count). The van der Waals surface area contributed by atoms with E-state index in [-0.39, 0.29) is 0 Å². The van der Waals surface area contributed by atoms with Gasteiger partial charge in [-0.2, -0.15) is 0 Å². The first kappa shape index (κ1) is 30.5. The first-order valence-corrected chi connectivity index (χ1v) is 16.3. The first-order valence-electron chi connectivity index (χ1n) is 16.3. The third-order valence-electron chi connectivity index (χ3n) is 9.21. The molecule has 0 saturated heterocycles. The zero-order valence-electron chi connectivity index (χ0n) is 27.1. The van der Waals surface area contributed by atoms with E-state index in [1.165, 1.54) is 0 Å². The van der Waals surface area contributed by atoms with Gasteiger partial charge in [0.05, 0.1) is 62.1 Å². The van der Waals surface area contributed by atoms with Gasteiger partial charge in [-0.3, -0.25) is 19.2 Å². The van der Waals surface area contributed by atoms with Crippen molar-refractivity contribution in [1.82, 2.24) is 39.9 Å². The first-order chi connectivity index (χ1) is 25.5. The largest absolute Gasteiger partial charge is 0.360 e. The Balaban J connectivity index is 1.46. The number of aldehydes is 4. The summed E-state index contributed by atoms with van der Waals surface area (Å²) in [6.45, 7) is 0. The molecular formula is C40H26N8O4. The number of nitrogens with one attached hydrogen (secondary N) is 6. The van der Waals surface area contributed by atoms with E-state index in [4.69, 9.17) is 9.97 Å². The summed E-state index contributed by atoms with van der Waals surface area (Å²) >= 11 is 0. The molecule has 0 aromatic carbocycles. The minimum Gasteiger partial charge on any atom is -0.360 e. The Morgan fingerprint density at radius 3 is 1.15 bits per heavy atom. The lowest BCUT2D eigenvalue weighted by Gasteiger charge is -2.04. The molecule has 0 fully saturated rings. The molecule has 9 heterocycles. The van der Waals surface area contributed by atoms with Crippen LogP contribution in [0.4, 0.5) is 0 Å². The number of hydrogen-bond donors (Lipinski definition) is 6. The van der Waals surface area contributed by atoms with Gasteiger partial charge in [0.2, 0.25) is 0 Å². The number of hydrogen-bond acceptors (Lipinski definition) is 6. The molecule has 7 aromatic rings. The summed E-state index contributed by atoms with van der Waals surface area (Å²) in [6.07, 6.45) is 17.4. The van der Waals surface area contributed by atoms with Crippen LogP contribution in [0.5, 0.6) is 0 Å². The summed E-state index contributed by atoms with van der Waals surface area (Å²) in [4.78, 5) is 77.2. The van der Waals surface area contributed by atoms with Gasteiger partial charge >= 0.3 is 0 Å². The Labute approximate surface area is 293 Å². The molecule has 0 amide bonds. The van der Waals surface area contributed by atoms with Crippen molar-refractivity contribution in [3.05, 3.63) is 118 Å². The van der Waals surface area contributed by atoms with E-state index >= 15 is 0 Å². The Kier molecular flexibility index (Phi) is 7.07. The Hall–Kier alpha value is -7.60. The molecule has 12 nitrogen and oxygen atoms in total. The summed E-state index contributed by atoms with van der Waals surface area (Å²) in [5.41, 5.74) is 12.9. The van der Waals surface area contributed by atoms with Crippen molar-refractivity contribution in [2.45, 2.75) is 0 Å². The maximum absolute atomic E-state index is 11.7. The number of fused-ring (bicyclic) bond motifs is 8. The fourth-order valence-electron chi connectivity index (χ4n) is 6.85. The lowest BCUT2D eigenvalue weighted by Crippen LogP contribution is -1.89. The normalized spacial score (nSPS) is 12.0. The molecule has 0 aliphatic carbocycles. The van der Waals surface area contributed by atoms with E-state index in [1.807, 2.05) is 48.6 Å². The van der Waals surface area contributed by atoms with Gasteiger partial charge in [-0.15, -0.1) is 0 Å². The standard InChI is InChI=1S/C40H26N8O4/c49-17-21-9-34(42-13-21)38-28-3-1-26(45-28)37(24-12-25(20-52)41-16-24)27-2-4-29(46-27)39(35-10-22(18-50)14-43-35)31-6-8-33(48-31)40(32-7-5-30(38)47-32)36-11-23(19-51)15-44-36/h1-20,41-45,48H. The lowest BCUT2D eigenvalue weighted by atomic mass is 10.1. The molecule has 0 spiro atoms. The summed E-state index contributed by atoms with van der Waals surface area (Å²) < 4.78 is 0. The van der Waals surface area contributed by atoms with E-state index < -0.39 is 0 Å². The van der Waals surface area contributed by atoms with E-state index in [0.29, 0.717) is 84.4 Å². The second-order valence-corrected chi connectivity index (χ2v) is 12.4. The molecule has 250 valence electrons. The monoisotopic (exact) mass is 682 g/mol. The highest BCUT2D eigenvalue weighted by atomic mass is 16.1. The number of rotatable bonds is 8. The van der Waals surface area contributed by atoms with Crippen molar-refractivity contribution in [2.75, 3.05) is 0 Å². The highest BCUT2D eigenvalue weighted by Gasteiger charge is 2.20. The zero-order valence-corrected chi connectivity index (χ0v) is 27.1. The summed E-state index contributed by atoms with van der Waals surface area (Å²) in [5.74, 6) is 0. The smallest absolute Gasteiger partial charge is 0.166 e. The van der Waals surface area contributed by atoms with Gasteiger partial charge in [0.25, 0.3) is 0 Å². The van der Waals surface area contributed by atoms with Crippen LogP contribution >= 0.6 is 0 Å². The van der Waals surface area contributed by atoms with E-state index in [9.17, 15) is 19.2 Å². The fraction of sp³-hybridized carbons (Fsp3) is 0. The highest BCUT2D eigenvalue weighted by Crippen LogP contribution is 2.38. The average Bonchev–Trinajstić information content (AvgIpc) is 4.02. The number of H-pyrrole nitrogens is 6. The Morgan fingerprint density at radius 2 is 0.808 bits per heavy atom. The summed E-state index contributed by atoms with van der Waals surface area (Å²) in [6, 6.07) is 14.8. The molecule has 8 bridgehead atoms. The predicted molar refractivity (Wildman–Crippen MR) is 200 cm³/mol. The average molecular weight is 683 g/mol. The van der Waals surface area contributed by atoms with E-state index in [0.717, 1.165) is 52.9 Å². The van der Waals surface area contributed by atoms with Gasteiger partial charge < -0.3 is 29.9 Å². The number of carbonyl (C=O) groups is 4. The van der Waals surface area contributed by atoms with Crippen molar-refractivity contribution < 1.29 is 19.2 Å². The van der Waals surface area contributed by atoms with Crippen LogP contribution in [0.2, 0.25) is 0 Å². The topological polar surface area (TPSA) is 189 Å². The molecule has 7 aromatic heterocycles. The SMILES string of the molecule is O=Cc1c[nH]c(-c2c3nc(c(-c4cc(C=O)c[nH]4)c4ccc([nH]4)c(-c4cc(C=O)c[nH]4)c4nc(c(-c5c[nH]c(C=O)c5)c5ccc2[nH]5)C=C4)C=C3)c1. The minimum absolute atomic E-state index is 0.412. The maximum atomic E-state index is 11.7. The molecule has 0 radical (unpaired) electrons. The van der Waals surface area contributed by atoms with Crippen LogP contribution in [0.1, 0.15) is 64.3 Å². The quantitative estimate of drug-likeness (QED) is 0.0884. The van der Waals surface area contributed by atoms with Crippen LogP contribution < -0.4 is 0 Å². The second-order valence-electron chi connectivity index (χ2n) is 12.4. The predicted octanol–water partition coefficient (Wildman–Crippen LogP) is 7.89. The molecule has 0 saturated carbocycles. The van der Waals surface area contributed by atoms with E-state index in [1.54, 1.807) is 49.1 Å².